The van der Waals surface area contributed by atoms with E-state index in [1.165, 1.54) is 0 Å². The lowest BCUT2D eigenvalue weighted by atomic mass is 9.68. The van der Waals surface area contributed by atoms with Gasteiger partial charge in [0.05, 0.1) is 30.3 Å². The number of ether oxygens (including phenoxy) is 1. The Balaban J connectivity index is 1.23. The number of H-pyrrole nitrogens is 1. The zero-order chi connectivity index (χ0) is 26.2. The van der Waals surface area contributed by atoms with E-state index >= 15 is 0 Å². The highest BCUT2D eigenvalue weighted by molar-refractivity contribution is 5.87. The molecule has 1 amide bonds. The smallest absolute Gasteiger partial charge is 0.252 e. The number of methoxy groups -OCH3 is 1. The average Bonchev–Trinajstić information content (AvgIpc) is 3.46. The molecule has 0 spiro atoms. The van der Waals surface area contributed by atoms with Crippen LogP contribution in [0.2, 0.25) is 0 Å². The number of nitrogens with one attached hydrogen (secondary N) is 3. The molecule has 0 bridgehead atoms. The van der Waals surface area contributed by atoms with E-state index in [1.807, 2.05) is 46.0 Å². The quantitative estimate of drug-likeness (QED) is 0.330. The molecule has 1 aliphatic carbocycles. The highest BCUT2D eigenvalue weighted by Crippen LogP contribution is 2.47. The van der Waals surface area contributed by atoms with Crippen molar-refractivity contribution in [1.82, 2.24) is 45.2 Å². The van der Waals surface area contributed by atoms with E-state index in [-0.39, 0.29) is 17.9 Å². The summed E-state index contributed by atoms with van der Waals surface area (Å²) in [5.41, 5.74) is 3.40. The summed E-state index contributed by atoms with van der Waals surface area (Å²) in [5, 5.41) is 17.5. The van der Waals surface area contributed by atoms with Crippen LogP contribution in [0.3, 0.4) is 0 Å². The second kappa shape index (κ2) is 9.69. The number of carbonyl (C=O) groups excluding carboxylic acids is 1. The first-order valence-electron chi connectivity index (χ1n) is 12.1. The number of carbonyl (C=O) groups is 1. The van der Waals surface area contributed by atoms with Crippen LogP contribution >= 0.6 is 0 Å². The molecule has 1 saturated carbocycles. The van der Waals surface area contributed by atoms with Gasteiger partial charge in [0, 0.05) is 42.4 Å². The zero-order valence-electron chi connectivity index (χ0n) is 21.5. The molecule has 1 fully saturated rings. The maximum atomic E-state index is 13.3. The largest absolute Gasteiger partial charge is 0.368 e. The van der Waals surface area contributed by atoms with Gasteiger partial charge in [-0.3, -0.25) is 14.9 Å². The minimum atomic E-state index is -0.926. The summed E-state index contributed by atoms with van der Waals surface area (Å²) in [6.07, 6.45) is 7.96. The number of rotatable bonds is 8. The van der Waals surface area contributed by atoms with Crippen LogP contribution in [0, 0.1) is 20.8 Å². The van der Waals surface area contributed by atoms with Gasteiger partial charge in [-0.15, -0.1) is 0 Å². The van der Waals surface area contributed by atoms with Gasteiger partial charge in [-0.25, -0.2) is 19.6 Å². The van der Waals surface area contributed by atoms with E-state index in [1.54, 1.807) is 30.4 Å². The molecule has 12 heteroatoms. The Morgan fingerprint density at radius 3 is 2.59 bits per heavy atom. The summed E-state index contributed by atoms with van der Waals surface area (Å²) >= 11 is 0. The van der Waals surface area contributed by atoms with Gasteiger partial charge in [-0.05, 0) is 52.2 Å². The fraction of sp³-hybridized carbons (Fsp3) is 0.400. The molecule has 4 aromatic heterocycles. The third kappa shape index (κ3) is 5.05. The number of amides is 1. The van der Waals surface area contributed by atoms with E-state index in [0.717, 1.165) is 22.6 Å². The van der Waals surface area contributed by atoms with E-state index in [2.05, 4.69) is 45.9 Å². The van der Waals surface area contributed by atoms with Crippen LogP contribution in [0.25, 0.3) is 5.82 Å². The van der Waals surface area contributed by atoms with Crippen molar-refractivity contribution in [1.29, 1.82) is 0 Å². The van der Waals surface area contributed by atoms with Gasteiger partial charge in [0.1, 0.15) is 5.60 Å². The third-order valence-electron chi connectivity index (χ3n) is 6.59. The van der Waals surface area contributed by atoms with Crippen LogP contribution in [-0.2, 0) is 9.53 Å². The van der Waals surface area contributed by atoms with Gasteiger partial charge in [0.25, 0.3) is 5.91 Å². The van der Waals surface area contributed by atoms with Crippen molar-refractivity contribution in [3.8, 4) is 5.82 Å². The van der Waals surface area contributed by atoms with Crippen LogP contribution in [0.4, 0.5) is 11.8 Å². The van der Waals surface area contributed by atoms with Gasteiger partial charge < -0.3 is 15.4 Å². The lowest BCUT2D eigenvalue weighted by Gasteiger charge is -2.45. The lowest BCUT2D eigenvalue weighted by Crippen LogP contribution is -2.56. The number of aromatic amines is 1. The molecule has 0 unspecified atom stereocenters. The van der Waals surface area contributed by atoms with E-state index in [4.69, 9.17) is 4.74 Å². The van der Waals surface area contributed by atoms with Crippen LogP contribution in [0.15, 0.2) is 36.9 Å². The molecule has 37 heavy (non-hydrogen) atoms. The number of aromatic nitrogens is 8. The Labute approximate surface area is 214 Å². The summed E-state index contributed by atoms with van der Waals surface area (Å²) in [7, 11) is 1.57. The normalized spacial score (nSPS) is 19.8. The van der Waals surface area contributed by atoms with Gasteiger partial charge in [-0.1, -0.05) is 0 Å². The second-order valence-electron chi connectivity index (χ2n) is 9.58. The fourth-order valence-electron chi connectivity index (χ4n) is 4.46. The predicted molar refractivity (Wildman–Crippen MR) is 136 cm³/mol. The highest BCUT2D eigenvalue weighted by atomic mass is 16.5. The predicted octanol–water partition coefficient (Wildman–Crippen LogP) is 2.98. The molecule has 0 saturated heterocycles. The van der Waals surface area contributed by atoms with Crippen LogP contribution in [-0.4, -0.2) is 58.5 Å². The Kier molecular flexibility index (Phi) is 6.42. The summed E-state index contributed by atoms with van der Waals surface area (Å²) in [4.78, 5) is 31.3. The molecule has 0 aromatic carbocycles. The molecule has 1 atom stereocenters. The molecule has 0 radical (unpaired) electrons. The van der Waals surface area contributed by atoms with Crippen LogP contribution < -0.4 is 10.6 Å². The average molecular weight is 503 g/mol. The van der Waals surface area contributed by atoms with Crippen molar-refractivity contribution < 1.29 is 9.53 Å². The topological polar surface area (TPSA) is 148 Å². The molecular formula is C25H30N10O2. The van der Waals surface area contributed by atoms with Gasteiger partial charge in [-0.2, -0.15) is 10.2 Å². The van der Waals surface area contributed by atoms with Gasteiger partial charge >= 0.3 is 0 Å². The molecule has 192 valence electrons. The molecule has 1 aliphatic rings. The van der Waals surface area contributed by atoms with Crippen LogP contribution in [0.1, 0.15) is 60.1 Å². The SMILES string of the molecule is COC1(C(=O)N[C@@H](C)c2cnc(-n3cc(C)cn3)cn2)CC(c2cc(C)nc(Nc3cc(C)[nH]n3)n2)C1. The minimum Gasteiger partial charge on any atom is -0.368 e. The molecule has 12 nitrogen and oxygen atoms in total. The van der Waals surface area contributed by atoms with Gasteiger partial charge in [0.15, 0.2) is 11.6 Å². The molecule has 0 aliphatic heterocycles. The monoisotopic (exact) mass is 502 g/mol. The number of anilines is 2. The second-order valence-corrected chi connectivity index (χ2v) is 9.58. The summed E-state index contributed by atoms with van der Waals surface area (Å²) in [6, 6.07) is 3.49. The molecule has 5 rings (SSSR count). The fourth-order valence-corrected chi connectivity index (χ4v) is 4.46. The summed E-state index contributed by atoms with van der Waals surface area (Å²) in [6.45, 7) is 7.68. The number of hydrogen-bond donors (Lipinski definition) is 3. The zero-order valence-corrected chi connectivity index (χ0v) is 21.5. The Bertz CT molecular complexity index is 1410. The van der Waals surface area contributed by atoms with Gasteiger partial charge in [0.2, 0.25) is 5.95 Å². The van der Waals surface area contributed by atoms with E-state index < -0.39 is 5.60 Å². The molecule has 4 aromatic rings. The summed E-state index contributed by atoms with van der Waals surface area (Å²) in [5.74, 6) is 1.63. The Morgan fingerprint density at radius 2 is 1.97 bits per heavy atom. The maximum Gasteiger partial charge on any atom is 0.252 e. The lowest BCUT2D eigenvalue weighted by molar-refractivity contribution is -0.158. The highest BCUT2D eigenvalue weighted by Gasteiger charge is 2.52. The van der Waals surface area contributed by atoms with Crippen molar-refractivity contribution in [2.75, 3.05) is 12.4 Å². The first kappa shape index (κ1) is 24.5. The first-order chi connectivity index (χ1) is 17.7. The van der Waals surface area contributed by atoms with Crippen molar-refractivity contribution >= 4 is 17.7 Å². The van der Waals surface area contributed by atoms with Crippen molar-refractivity contribution in [2.45, 2.75) is 58.1 Å². The molecule has 4 heterocycles. The molecular weight excluding hydrogens is 472 g/mol. The summed E-state index contributed by atoms with van der Waals surface area (Å²) < 4.78 is 7.39. The third-order valence-corrected chi connectivity index (χ3v) is 6.59. The van der Waals surface area contributed by atoms with Crippen LogP contribution in [0.5, 0.6) is 0 Å². The minimum absolute atomic E-state index is 0.0702. The Hall–Kier alpha value is -4.19. The molecule has 3 N–H and O–H groups in total. The first-order valence-corrected chi connectivity index (χ1v) is 12.1. The number of nitrogens with zero attached hydrogens (tertiary/aromatic N) is 7. The van der Waals surface area contributed by atoms with E-state index in [9.17, 15) is 4.79 Å². The Morgan fingerprint density at radius 1 is 1.16 bits per heavy atom. The maximum absolute atomic E-state index is 13.3. The van der Waals surface area contributed by atoms with Crippen molar-refractivity contribution in [3.05, 3.63) is 65.3 Å². The number of aryl methyl sites for hydroxylation is 3. The standard InChI is InChI=1S/C25H30N10O2/c1-14-10-28-35(13-14)22-12-26-20(11-27-22)17(4)30-23(36)25(37-5)8-18(9-25)19-6-15(2)29-24(31-19)32-21-7-16(3)33-34-21/h6-7,10-13,17-18H,8-9H2,1-5H3,(H,30,36)(H2,29,31,32,33,34)/t17-,18?,25?/m0/s1. The van der Waals surface area contributed by atoms with Crippen molar-refractivity contribution in [3.63, 3.8) is 0 Å². The van der Waals surface area contributed by atoms with Crippen molar-refractivity contribution in [2.24, 2.45) is 0 Å². The number of hydrogen-bond acceptors (Lipinski definition) is 9. The van der Waals surface area contributed by atoms with E-state index in [0.29, 0.717) is 36.1 Å².